The average Bonchev–Trinajstić information content (AvgIpc) is 3.17. The number of anilines is 2. The predicted molar refractivity (Wildman–Crippen MR) is 108 cm³/mol. The Hall–Kier alpha value is -3.68. The maximum atomic E-state index is 12.3. The fraction of sp³-hybridized carbons (Fsp3) is 0.238. The third kappa shape index (κ3) is 3.96. The fourth-order valence-electron chi connectivity index (χ4n) is 3.41. The van der Waals surface area contributed by atoms with Gasteiger partial charge in [-0.3, -0.25) is 14.9 Å². The highest BCUT2D eigenvalue weighted by molar-refractivity contribution is 5.93. The fourth-order valence-corrected chi connectivity index (χ4v) is 3.41. The van der Waals surface area contributed by atoms with Crippen LogP contribution in [0.2, 0.25) is 0 Å². The van der Waals surface area contributed by atoms with Gasteiger partial charge >= 0.3 is 0 Å². The van der Waals surface area contributed by atoms with Crippen molar-refractivity contribution in [1.82, 2.24) is 14.8 Å². The van der Waals surface area contributed by atoms with Gasteiger partial charge in [0.15, 0.2) is 6.61 Å². The number of hydrogen-bond acceptors (Lipinski definition) is 5. The Labute approximate surface area is 167 Å². The number of rotatable bonds is 5. The molecule has 8 heteroatoms. The van der Waals surface area contributed by atoms with E-state index in [4.69, 9.17) is 4.74 Å². The summed E-state index contributed by atoms with van der Waals surface area (Å²) in [7, 11) is 0. The third-order valence-electron chi connectivity index (χ3n) is 4.86. The van der Waals surface area contributed by atoms with E-state index in [1.807, 2.05) is 50.2 Å². The molecule has 3 aromatic rings. The molecule has 0 fully saturated rings. The molecule has 0 radical (unpaired) electrons. The first-order chi connectivity index (χ1) is 14.0. The molecule has 0 bridgehead atoms. The van der Waals surface area contributed by atoms with Gasteiger partial charge in [-0.05, 0) is 42.7 Å². The molecule has 0 aliphatic carbocycles. The Morgan fingerprint density at radius 1 is 1.24 bits per heavy atom. The van der Waals surface area contributed by atoms with Crippen LogP contribution in [0.15, 0.2) is 48.8 Å². The number of fused-ring (bicyclic) bond motifs is 1. The van der Waals surface area contributed by atoms with Crippen molar-refractivity contribution in [1.29, 1.82) is 0 Å². The van der Waals surface area contributed by atoms with Gasteiger partial charge in [0.2, 0.25) is 11.9 Å². The van der Waals surface area contributed by atoms with Crippen molar-refractivity contribution in [2.75, 3.05) is 17.2 Å². The molecule has 148 valence electrons. The minimum absolute atomic E-state index is 0.114. The lowest BCUT2D eigenvalue weighted by atomic mass is 10.0. The van der Waals surface area contributed by atoms with Crippen LogP contribution < -0.4 is 15.4 Å². The van der Waals surface area contributed by atoms with E-state index in [1.54, 1.807) is 10.7 Å². The summed E-state index contributed by atoms with van der Waals surface area (Å²) in [5.74, 6) is 0.621. The Balaban J connectivity index is 1.45. The van der Waals surface area contributed by atoms with Crippen LogP contribution in [0, 0.1) is 13.8 Å². The predicted octanol–water partition coefficient (Wildman–Crippen LogP) is 2.84. The van der Waals surface area contributed by atoms with Gasteiger partial charge < -0.3 is 10.1 Å². The SMILES string of the molecule is Cc1cccc(C)c1NC(=O)COc1cccc([C@H]2CC(=O)Nc3ncnn32)c1. The van der Waals surface area contributed by atoms with Gasteiger partial charge in [-0.2, -0.15) is 10.1 Å². The molecule has 1 atom stereocenters. The van der Waals surface area contributed by atoms with Crippen LogP contribution in [-0.4, -0.2) is 33.2 Å². The maximum absolute atomic E-state index is 12.3. The molecule has 1 aliphatic heterocycles. The summed E-state index contributed by atoms with van der Waals surface area (Å²) in [4.78, 5) is 28.4. The van der Waals surface area contributed by atoms with Gasteiger partial charge in [0.05, 0.1) is 12.5 Å². The second-order valence-corrected chi connectivity index (χ2v) is 6.97. The zero-order chi connectivity index (χ0) is 20.4. The normalized spacial score (nSPS) is 15.4. The number of ether oxygens (including phenoxy) is 1. The van der Waals surface area contributed by atoms with Crippen molar-refractivity contribution in [2.45, 2.75) is 26.3 Å². The standard InChI is InChI=1S/C21H21N5O3/c1-13-5-3-6-14(2)20(13)24-19(28)11-29-16-8-4-7-15(9-16)17-10-18(27)25-21-22-12-23-26(17)21/h3-9,12,17H,10-11H2,1-2H3,(H,24,28)(H,22,23,25,27)/t17-/m1/s1. The Morgan fingerprint density at radius 3 is 2.79 bits per heavy atom. The van der Waals surface area contributed by atoms with Gasteiger partial charge in [-0.25, -0.2) is 4.68 Å². The molecule has 2 heterocycles. The van der Waals surface area contributed by atoms with Crippen LogP contribution in [-0.2, 0) is 9.59 Å². The summed E-state index contributed by atoms with van der Waals surface area (Å²) in [6.45, 7) is 3.79. The molecule has 1 aliphatic rings. The number of aromatic nitrogens is 3. The van der Waals surface area contributed by atoms with E-state index in [2.05, 4.69) is 20.7 Å². The van der Waals surface area contributed by atoms with E-state index in [0.717, 1.165) is 22.4 Å². The van der Waals surface area contributed by atoms with E-state index in [-0.39, 0.29) is 30.9 Å². The summed E-state index contributed by atoms with van der Waals surface area (Å²) in [6, 6.07) is 12.9. The second kappa shape index (κ2) is 7.75. The zero-order valence-corrected chi connectivity index (χ0v) is 16.2. The van der Waals surface area contributed by atoms with Crippen LogP contribution in [0.5, 0.6) is 5.75 Å². The number of nitrogens with one attached hydrogen (secondary N) is 2. The number of amides is 2. The first kappa shape index (κ1) is 18.7. The van der Waals surface area contributed by atoms with Gasteiger partial charge in [0.25, 0.3) is 5.91 Å². The number of benzene rings is 2. The molecule has 2 aromatic carbocycles. The number of carbonyl (C=O) groups excluding carboxylic acids is 2. The van der Waals surface area contributed by atoms with Crippen molar-refractivity contribution in [2.24, 2.45) is 0 Å². The summed E-state index contributed by atoms with van der Waals surface area (Å²) in [5.41, 5.74) is 3.67. The molecule has 1 aromatic heterocycles. The van der Waals surface area contributed by atoms with Crippen molar-refractivity contribution in [3.63, 3.8) is 0 Å². The van der Waals surface area contributed by atoms with Gasteiger partial charge in [0, 0.05) is 5.69 Å². The largest absolute Gasteiger partial charge is 0.484 e. The lowest BCUT2D eigenvalue weighted by Gasteiger charge is -2.24. The maximum Gasteiger partial charge on any atom is 0.262 e. The van der Waals surface area contributed by atoms with E-state index in [1.165, 1.54) is 6.33 Å². The molecule has 29 heavy (non-hydrogen) atoms. The monoisotopic (exact) mass is 391 g/mol. The van der Waals surface area contributed by atoms with Crippen molar-refractivity contribution < 1.29 is 14.3 Å². The number of para-hydroxylation sites is 1. The lowest BCUT2D eigenvalue weighted by molar-refractivity contribution is -0.118. The van der Waals surface area contributed by atoms with Crippen LogP contribution in [0.4, 0.5) is 11.6 Å². The Morgan fingerprint density at radius 2 is 2.00 bits per heavy atom. The summed E-state index contributed by atoms with van der Waals surface area (Å²) in [6.07, 6.45) is 1.67. The van der Waals surface area contributed by atoms with Crippen molar-refractivity contribution in [3.8, 4) is 5.75 Å². The number of nitrogens with zero attached hydrogens (tertiary/aromatic N) is 3. The molecular weight excluding hydrogens is 370 g/mol. The molecule has 4 rings (SSSR count). The van der Waals surface area contributed by atoms with Gasteiger partial charge in [-0.1, -0.05) is 30.3 Å². The highest BCUT2D eigenvalue weighted by atomic mass is 16.5. The second-order valence-electron chi connectivity index (χ2n) is 6.97. The summed E-state index contributed by atoms with van der Waals surface area (Å²) >= 11 is 0. The topological polar surface area (TPSA) is 98.1 Å². The van der Waals surface area contributed by atoms with Crippen LogP contribution >= 0.6 is 0 Å². The van der Waals surface area contributed by atoms with Crippen molar-refractivity contribution in [3.05, 3.63) is 65.5 Å². The van der Waals surface area contributed by atoms with Crippen LogP contribution in [0.3, 0.4) is 0 Å². The highest BCUT2D eigenvalue weighted by Crippen LogP contribution is 2.30. The molecule has 0 spiro atoms. The minimum atomic E-state index is -0.270. The molecule has 8 nitrogen and oxygen atoms in total. The molecule has 2 amide bonds. The first-order valence-corrected chi connectivity index (χ1v) is 9.29. The van der Waals surface area contributed by atoms with Gasteiger partial charge in [-0.15, -0.1) is 0 Å². The van der Waals surface area contributed by atoms with Crippen LogP contribution in [0.25, 0.3) is 0 Å². The number of aryl methyl sites for hydroxylation is 2. The highest BCUT2D eigenvalue weighted by Gasteiger charge is 2.27. The van der Waals surface area contributed by atoms with E-state index in [9.17, 15) is 9.59 Å². The van der Waals surface area contributed by atoms with E-state index >= 15 is 0 Å². The molecular formula is C21H21N5O3. The smallest absolute Gasteiger partial charge is 0.262 e. The zero-order valence-electron chi connectivity index (χ0n) is 16.2. The summed E-state index contributed by atoms with van der Waals surface area (Å²) < 4.78 is 7.36. The molecule has 0 saturated carbocycles. The van der Waals surface area contributed by atoms with Gasteiger partial charge in [0.1, 0.15) is 12.1 Å². The quantitative estimate of drug-likeness (QED) is 0.697. The minimum Gasteiger partial charge on any atom is -0.484 e. The van der Waals surface area contributed by atoms with Crippen molar-refractivity contribution >= 4 is 23.5 Å². The van der Waals surface area contributed by atoms with Crippen LogP contribution in [0.1, 0.15) is 29.2 Å². The third-order valence-corrected chi connectivity index (χ3v) is 4.86. The number of hydrogen-bond donors (Lipinski definition) is 2. The summed E-state index contributed by atoms with van der Waals surface area (Å²) in [5, 5.41) is 9.80. The number of carbonyl (C=O) groups is 2. The molecule has 0 saturated heterocycles. The first-order valence-electron chi connectivity index (χ1n) is 9.29. The van der Waals surface area contributed by atoms with E-state index < -0.39 is 0 Å². The average molecular weight is 391 g/mol. The Kier molecular flexibility index (Phi) is 4.99. The Bertz CT molecular complexity index is 1060. The van der Waals surface area contributed by atoms with E-state index in [0.29, 0.717) is 11.7 Å². The molecule has 0 unspecified atom stereocenters. The molecule has 2 N–H and O–H groups in total. The lowest BCUT2D eigenvalue weighted by Crippen LogP contribution is -2.29.